The van der Waals surface area contributed by atoms with Crippen molar-refractivity contribution in [1.29, 1.82) is 0 Å². The number of aliphatic carboxylic acids is 1. The Hall–Kier alpha value is -0.950. The second-order valence-electron chi connectivity index (χ2n) is 16.5. The third kappa shape index (κ3) is 3.16. The maximum atomic E-state index is 13.0. The van der Waals surface area contributed by atoms with Crippen LogP contribution in [0.1, 0.15) is 107 Å². The van der Waals surface area contributed by atoms with Crippen LogP contribution in [-0.4, -0.2) is 51.0 Å². The normalized spacial score (nSPS) is 57.2. The van der Waals surface area contributed by atoms with E-state index in [1.54, 1.807) is 0 Å². The van der Waals surface area contributed by atoms with Crippen LogP contribution in [0, 0.1) is 50.7 Å². The first-order valence-electron chi connectivity index (χ1n) is 15.5. The Bertz CT molecular complexity index is 1110. The van der Waals surface area contributed by atoms with E-state index in [2.05, 4.69) is 47.6 Å². The molecule has 0 spiro atoms. The number of aliphatic hydroxyl groups is 2. The molecule has 1 saturated heterocycles. The van der Waals surface area contributed by atoms with Gasteiger partial charge in [0, 0.05) is 11.3 Å². The summed E-state index contributed by atoms with van der Waals surface area (Å²) < 4.78 is 12.9. The van der Waals surface area contributed by atoms with Gasteiger partial charge in [-0.3, -0.25) is 4.79 Å². The van der Waals surface area contributed by atoms with Crippen LogP contribution in [0.3, 0.4) is 0 Å². The zero-order valence-electron chi connectivity index (χ0n) is 25.6. The molecular formula is C33H52O6. The van der Waals surface area contributed by atoms with E-state index in [-0.39, 0.29) is 51.6 Å². The summed E-state index contributed by atoms with van der Waals surface area (Å²) in [6.45, 7) is 19.6. The van der Waals surface area contributed by atoms with Crippen molar-refractivity contribution in [3.8, 4) is 0 Å². The van der Waals surface area contributed by atoms with E-state index in [0.29, 0.717) is 12.8 Å². The van der Waals surface area contributed by atoms with Gasteiger partial charge in [0.2, 0.25) is 0 Å². The molecule has 0 aromatic rings. The van der Waals surface area contributed by atoms with Gasteiger partial charge in [0.15, 0.2) is 5.79 Å². The number of carboxylic acid groups (broad SMARTS) is 1. The zero-order valence-corrected chi connectivity index (χ0v) is 25.6. The van der Waals surface area contributed by atoms with Crippen LogP contribution >= 0.6 is 0 Å². The fourth-order valence-electron chi connectivity index (χ4n) is 11.9. The Balaban J connectivity index is 1.48. The summed E-state index contributed by atoms with van der Waals surface area (Å²) in [5, 5.41) is 34.9. The molecule has 39 heavy (non-hydrogen) atoms. The highest BCUT2D eigenvalue weighted by Gasteiger charge is 2.75. The van der Waals surface area contributed by atoms with E-state index >= 15 is 0 Å². The van der Waals surface area contributed by atoms with Crippen LogP contribution in [0.25, 0.3) is 0 Å². The van der Waals surface area contributed by atoms with Crippen LogP contribution in [0.5, 0.6) is 0 Å². The van der Waals surface area contributed by atoms with Crippen LogP contribution in [0.15, 0.2) is 11.6 Å². The number of hydrogen-bond donors (Lipinski definition) is 3. The van der Waals surface area contributed by atoms with Crippen LogP contribution < -0.4 is 0 Å². The number of aliphatic hydroxyl groups excluding tert-OH is 1. The van der Waals surface area contributed by atoms with Gasteiger partial charge < -0.3 is 24.8 Å². The highest BCUT2D eigenvalue weighted by Crippen LogP contribution is 2.76. The summed E-state index contributed by atoms with van der Waals surface area (Å²) in [6, 6.07) is 0. The van der Waals surface area contributed by atoms with Crippen molar-refractivity contribution in [3.05, 3.63) is 11.6 Å². The fraction of sp³-hybridized carbons (Fsp3) is 0.909. The van der Waals surface area contributed by atoms with Crippen LogP contribution in [0.4, 0.5) is 0 Å². The summed E-state index contributed by atoms with van der Waals surface area (Å²) in [7, 11) is 0. The molecular weight excluding hydrogens is 492 g/mol. The predicted octanol–water partition coefficient (Wildman–Crippen LogP) is 5.94. The van der Waals surface area contributed by atoms with Crippen molar-refractivity contribution in [2.24, 2.45) is 50.7 Å². The smallest absolute Gasteiger partial charge is 0.310 e. The average molecular weight is 545 g/mol. The van der Waals surface area contributed by atoms with Gasteiger partial charge in [0.1, 0.15) is 6.10 Å². The molecule has 6 aliphatic rings. The quantitative estimate of drug-likeness (QED) is 0.353. The summed E-state index contributed by atoms with van der Waals surface area (Å²) in [5.41, 5.74) is -1.73. The number of fused-ring (bicyclic) bond motifs is 8. The van der Waals surface area contributed by atoms with E-state index in [1.807, 2.05) is 20.8 Å². The lowest BCUT2D eigenvalue weighted by Gasteiger charge is -2.72. The number of allylic oxidation sites excluding steroid dienone is 1. The van der Waals surface area contributed by atoms with Crippen molar-refractivity contribution >= 4 is 5.97 Å². The van der Waals surface area contributed by atoms with Gasteiger partial charge in [-0.25, -0.2) is 0 Å². The molecule has 4 saturated carbocycles. The molecule has 3 N–H and O–H groups in total. The molecule has 5 aliphatic carbocycles. The SMILES string of the molecule is C[C@@H]1CC[C@]2(C(=O)O)CC[C@]3(C)C(=CC[C@@H]4[C@@]5(C)[C@H](O)[C@H]6OC(C)(C)O[C@H]6C(C)(C)[C@@H]5CC[C@]43C)[C@@H]2[C@]1(C)O. The van der Waals surface area contributed by atoms with Crippen LogP contribution in [0.2, 0.25) is 0 Å². The average Bonchev–Trinajstić information content (AvgIpc) is 3.17. The number of hydrogen-bond acceptors (Lipinski definition) is 5. The van der Waals surface area contributed by atoms with Crippen LogP contribution in [-0.2, 0) is 14.3 Å². The van der Waals surface area contributed by atoms with Crippen molar-refractivity contribution in [1.82, 2.24) is 0 Å². The first kappa shape index (κ1) is 28.2. The molecule has 0 aromatic heterocycles. The first-order valence-corrected chi connectivity index (χ1v) is 15.5. The minimum Gasteiger partial charge on any atom is -0.481 e. The minimum atomic E-state index is -1.07. The molecule has 1 heterocycles. The van der Waals surface area contributed by atoms with Gasteiger partial charge in [-0.05, 0) is 99.7 Å². The lowest BCUT2D eigenvalue weighted by atomic mass is 9.32. The number of carbonyl (C=O) groups is 1. The molecule has 220 valence electrons. The maximum absolute atomic E-state index is 13.0. The Kier molecular flexibility index (Phi) is 5.71. The Morgan fingerprint density at radius 2 is 1.59 bits per heavy atom. The molecule has 0 unspecified atom stereocenters. The van der Waals surface area contributed by atoms with Gasteiger partial charge in [-0.2, -0.15) is 0 Å². The van der Waals surface area contributed by atoms with Gasteiger partial charge in [0.25, 0.3) is 0 Å². The molecule has 0 radical (unpaired) electrons. The topological polar surface area (TPSA) is 96.2 Å². The number of rotatable bonds is 1. The molecule has 0 aromatic carbocycles. The fourth-order valence-corrected chi connectivity index (χ4v) is 11.9. The first-order chi connectivity index (χ1) is 17.8. The Morgan fingerprint density at radius 1 is 0.923 bits per heavy atom. The van der Waals surface area contributed by atoms with Crippen molar-refractivity contribution in [2.45, 2.75) is 137 Å². The van der Waals surface area contributed by atoms with Crippen molar-refractivity contribution in [2.75, 3.05) is 0 Å². The van der Waals surface area contributed by atoms with E-state index < -0.39 is 34.8 Å². The van der Waals surface area contributed by atoms with E-state index in [1.165, 1.54) is 5.57 Å². The predicted molar refractivity (Wildman–Crippen MR) is 149 cm³/mol. The third-order valence-corrected chi connectivity index (χ3v) is 14.4. The lowest BCUT2D eigenvalue weighted by Crippen LogP contribution is -2.72. The van der Waals surface area contributed by atoms with Crippen molar-refractivity contribution < 1.29 is 29.6 Å². The zero-order chi connectivity index (χ0) is 28.8. The molecule has 6 nitrogen and oxygen atoms in total. The maximum Gasteiger partial charge on any atom is 0.310 e. The molecule has 12 atom stereocenters. The molecule has 0 amide bonds. The second kappa shape index (κ2) is 7.90. The lowest BCUT2D eigenvalue weighted by molar-refractivity contribution is -0.260. The Labute approximate surface area is 234 Å². The summed E-state index contributed by atoms with van der Waals surface area (Å²) in [4.78, 5) is 13.0. The molecule has 5 fully saturated rings. The number of carboxylic acids is 1. The van der Waals surface area contributed by atoms with Gasteiger partial charge in [-0.1, -0.05) is 53.2 Å². The largest absolute Gasteiger partial charge is 0.481 e. The highest BCUT2D eigenvalue weighted by atomic mass is 16.8. The highest BCUT2D eigenvalue weighted by molar-refractivity contribution is 5.77. The van der Waals surface area contributed by atoms with Crippen molar-refractivity contribution in [3.63, 3.8) is 0 Å². The van der Waals surface area contributed by atoms with Gasteiger partial charge in [0.05, 0.1) is 23.2 Å². The van der Waals surface area contributed by atoms with E-state index in [9.17, 15) is 20.1 Å². The molecule has 6 rings (SSSR count). The second-order valence-corrected chi connectivity index (χ2v) is 16.5. The summed E-state index contributed by atoms with van der Waals surface area (Å²) >= 11 is 0. The van der Waals surface area contributed by atoms with E-state index in [4.69, 9.17) is 9.47 Å². The van der Waals surface area contributed by atoms with Gasteiger partial charge >= 0.3 is 5.97 Å². The Morgan fingerprint density at radius 3 is 2.23 bits per heavy atom. The molecule has 0 bridgehead atoms. The minimum absolute atomic E-state index is 0.0396. The molecule has 1 aliphatic heterocycles. The third-order valence-electron chi connectivity index (χ3n) is 14.4. The van der Waals surface area contributed by atoms with Gasteiger partial charge in [-0.15, -0.1) is 0 Å². The monoisotopic (exact) mass is 544 g/mol. The number of ether oxygens (including phenoxy) is 2. The summed E-state index contributed by atoms with van der Waals surface area (Å²) in [6.07, 6.45) is 6.72. The van der Waals surface area contributed by atoms with E-state index in [0.717, 1.165) is 32.1 Å². The summed E-state index contributed by atoms with van der Waals surface area (Å²) in [5.74, 6) is -1.34. The standard InChI is InChI=1S/C33H52O6/c1-18-12-15-33(26(35)36)17-16-29(6)19(23(33)32(18,9)37)10-11-21-30(29,7)14-13-20-27(2,3)25-22(24(34)31(20,21)8)38-28(4,5)39-25/h10,18,20-25,34,37H,11-17H2,1-9H3,(H,35,36)/t18-,20+,21+,22-,23-,24-,25-,29-,30-,31+,32-,33+/m1/s1. The molecule has 6 heteroatoms.